The molecule has 2 N–H and O–H groups in total. The van der Waals surface area contributed by atoms with E-state index in [-0.39, 0.29) is 0 Å². The van der Waals surface area contributed by atoms with Gasteiger partial charge in [0.15, 0.2) is 5.65 Å². The molecular weight excluding hydrogens is 260 g/mol. The lowest BCUT2D eigenvalue weighted by Crippen LogP contribution is -2.18. The maximum absolute atomic E-state index is 9.83. The second kappa shape index (κ2) is 4.26. The molecular formula is C9H11BrN4O. The smallest absolute Gasteiger partial charge is 0.154 e. The van der Waals surface area contributed by atoms with E-state index >= 15 is 0 Å². The van der Waals surface area contributed by atoms with Crippen molar-refractivity contribution in [2.24, 2.45) is 0 Å². The van der Waals surface area contributed by atoms with Crippen LogP contribution in [0.25, 0.3) is 5.65 Å². The Kier molecular flexibility index (Phi) is 2.99. The molecule has 6 heteroatoms. The van der Waals surface area contributed by atoms with Crippen LogP contribution in [0.3, 0.4) is 0 Å². The number of nitrogens with zero attached hydrogens (tertiary/aromatic N) is 3. The zero-order valence-corrected chi connectivity index (χ0v) is 9.77. The van der Waals surface area contributed by atoms with Gasteiger partial charge in [-0.3, -0.25) is 4.40 Å². The Hall–Kier alpha value is -0.980. The molecule has 2 rings (SSSR count). The fourth-order valence-electron chi connectivity index (χ4n) is 1.44. The average molecular weight is 271 g/mol. The van der Waals surface area contributed by atoms with Gasteiger partial charge in [-0.05, 0) is 23.0 Å². The van der Waals surface area contributed by atoms with Crippen LogP contribution in [0.2, 0.25) is 0 Å². The Bertz CT molecular complexity index is 470. The van der Waals surface area contributed by atoms with E-state index in [9.17, 15) is 5.11 Å². The van der Waals surface area contributed by atoms with Crippen molar-refractivity contribution in [1.29, 1.82) is 0 Å². The van der Waals surface area contributed by atoms with Crippen LogP contribution in [-0.4, -0.2) is 33.1 Å². The number of likely N-dealkylation sites (N-methyl/N-ethyl adjacent to an activating group) is 1. The molecule has 2 aromatic heterocycles. The minimum atomic E-state index is -0.582. The predicted octanol–water partition coefficient (Wildman–Crippen LogP) is 0.745. The number of fused-ring (bicyclic) bond motifs is 1. The predicted molar refractivity (Wildman–Crippen MR) is 59.6 cm³/mol. The summed E-state index contributed by atoms with van der Waals surface area (Å²) in [6.07, 6.45) is 4.39. The molecule has 0 aromatic carbocycles. The minimum absolute atomic E-state index is 0.486. The van der Waals surface area contributed by atoms with E-state index in [1.54, 1.807) is 30.2 Å². The van der Waals surface area contributed by atoms with Gasteiger partial charge in [0.25, 0.3) is 0 Å². The van der Waals surface area contributed by atoms with Crippen LogP contribution in [-0.2, 0) is 0 Å². The topological polar surface area (TPSA) is 62.5 Å². The SMILES string of the molecule is CNCC(O)c1cnc2c(Br)cncn12. The number of hydrogen-bond donors (Lipinski definition) is 2. The van der Waals surface area contributed by atoms with Gasteiger partial charge in [-0.25, -0.2) is 9.97 Å². The number of aliphatic hydroxyl groups is 1. The third kappa shape index (κ3) is 1.88. The summed E-state index contributed by atoms with van der Waals surface area (Å²) in [7, 11) is 1.79. The molecule has 0 aliphatic carbocycles. The van der Waals surface area contributed by atoms with Crippen molar-refractivity contribution >= 4 is 21.6 Å². The van der Waals surface area contributed by atoms with E-state index in [4.69, 9.17) is 0 Å². The first-order valence-electron chi connectivity index (χ1n) is 4.53. The maximum Gasteiger partial charge on any atom is 0.154 e. The van der Waals surface area contributed by atoms with Gasteiger partial charge in [0.05, 0.1) is 16.4 Å². The lowest BCUT2D eigenvalue weighted by atomic mass is 10.3. The Morgan fingerprint density at radius 3 is 3.13 bits per heavy atom. The van der Waals surface area contributed by atoms with E-state index in [0.29, 0.717) is 6.54 Å². The molecule has 15 heavy (non-hydrogen) atoms. The van der Waals surface area contributed by atoms with Crippen LogP contribution in [0.5, 0.6) is 0 Å². The van der Waals surface area contributed by atoms with Crippen molar-refractivity contribution in [3.8, 4) is 0 Å². The molecule has 0 saturated heterocycles. The first-order valence-corrected chi connectivity index (χ1v) is 5.32. The van der Waals surface area contributed by atoms with E-state index < -0.39 is 6.10 Å². The summed E-state index contributed by atoms with van der Waals surface area (Å²) < 4.78 is 2.58. The second-order valence-corrected chi connectivity index (χ2v) is 4.05. The van der Waals surface area contributed by atoms with E-state index in [1.165, 1.54) is 0 Å². The van der Waals surface area contributed by atoms with Crippen LogP contribution in [0.1, 0.15) is 11.8 Å². The van der Waals surface area contributed by atoms with Crippen LogP contribution < -0.4 is 5.32 Å². The van der Waals surface area contributed by atoms with Crippen molar-refractivity contribution in [3.63, 3.8) is 0 Å². The number of nitrogens with one attached hydrogen (secondary N) is 1. The van der Waals surface area contributed by atoms with Crippen molar-refractivity contribution in [2.75, 3.05) is 13.6 Å². The minimum Gasteiger partial charge on any atom is -0.385 e. The molecule has 0 aliphatic heterocycles. The summed E-state index contributed by atoms with van der Waals surface area (Å²) >= 11 is 3.36. The Morgan fingerprint density at radius 1 is 1.60 bits per heavy atom. The summed E-state index contributed by atoms with van der Waals surface area (Å²) in [5.41, 5.74) is 1.49. The molecule has 0 saturated carbocycles. The highest BCUT2D eigenvalue weighted by molar-refractivity contribution is 9.10. The Labute approximate surface area is 95.3 Å². The van der Waals surface area contributed by atoms with Crippen molar-refractivity contribution in [1.82, 2.24) is 19.7 Å². The van der Waals surface area contributed by atoms with E-state index in [2.05, 4.69) is 31.2 Å². The molecule has 1 unspecified atom stereocenters. The van der Waals surface area contributed by atoms with Gasteiger partial charge in [0, 0.05) is 12.7 Å². The lowest BCUT2D eigenvalue weighted by molar-refractivity contribution is 0.172. The second-order valence-electron chi connectivity index (χ2n) is 3.19. The molecule has 0 bridgehead atoms. The molecule has 0 fully saturated rings. The van der Waals surface area contributed by atoms with Gasteiger partial charge in [-0.2, -0.15) is 0 Å². The summed E-state index contributed by atoms with van der Waals surface area (Å²) in [5.74, 6) is 0. The lowest BCUT2D eigenvalue weighted by Gasteiger charge is -2.08. The fraction of sp³-hybridized carbons (Fsp3) is 0.333. The number of hydrogen-bond acceptors (Lipinski definition) is 4. The Morgan fingerprint density at radius 2 is 2.40 bits per heavy atom. The molecule has 80 valence electrons. The number of imidazole rings is 1. The highest BCUT2D eigenvalue weighted by Crippen LogP contribution is 2.19. The van der Waals surface area contributed by atoms with Crippen LogP contribution >= 0.6 is 15.9 Å². The molecule has 0 spiro atoms. The molecule has 5 nitrogen and oxygen atoms in total. The first-order chi connectivity index (χ1) is 7.24. The summed E-state index contributed by atoms with van der Waals surface area (Å²) in [6, 6.07) is 0. The highest BCUT2D eigenvalue weighted by atomic mass is 79.9. The highest BCUT2D eigenvalue weighted by Gasteiger charge is 2.13. The van der Waals surface area contributed by atoms with Gasteiger partial charge >= 0.3 is 0 Å². The largest absolute Gasteiger partial charge is 0.385 e. The van der Waals surface area contributed by atoms with Gasteiger partial charge in [-0.15, -0.1) is 0 Å². The van der Waals surface area contributed by atoms with Crippen molar-refractivity contribution in [3.05, 3.63) is 28.9 Å². The molecule has 2 heterocycles. The monoisotopic (exact) mass is 270 g/mol. The van der Waals surface area contributed by atoms with Gasteiger partial charge in [0.1, 0.15) is 12.4 Å². The normalized spacial score (nSPS) is 13.3. The molecule has 0 radical (unpaired) electrons. The summed E-state index contributed by atoms with van der Waals surface area (Å²) in [4.78, 5) is 8.24. The zero-order chi connectivity index (χ0) is 10.8. The number of aliphatic hydroxyl groups excluding tert-OH is 1. The van der Waals surface area contributed by atoms with Crippen molar-refractivity contribution < 1.29 is 5.11 Å². The third-order valence-electron chi connectivity index (χ3n) is 2.15. The van der Waals surface area contributed by atoms with E-state index in [0.717, 1.165) is 15.8 Å². The van der Waals surface area contributed by atoms with Crippen LogP contribution in [0.4, 0.5) is 0 Å². The first kappa shape index (κ1) is 10.5. The number of halogens is 1. The average Bonchev–Trinajstić information content (AvgIpc) is 2.63. The third-order valence-corrected chi connectivity index (χ3v) is 2.71. The standard InChI is InChI=1S/C9H11BrN4O/c1-11-4-8(15)7-3-13-9-6(10)2-12-5-14(7)9/h2-3,5,8,11,15H,4H2,1H3. The number of aromatic nitrogens is 3. The maximum atomic E-state index is 9.83. The number of rotatable bonds is 3. The summed E-state index contributed by atoms with van der Waals surface area (Å²) in [5, 5.41) is 12.7. The van der Waals surface area contributed by atoms with Gasteiger partial charge in [0.2, 0.25) is 0 Å². The molecule has 1 atom stereocenters. The van der Waals surface area contributed by atoms with Crippen molar-refractivity contribution in [2.45, 2.75) is 6.10 Å². The van der Waals surface area contributed by atoms with Crippen LogP contribution in [0.15, 0.2) is 23.2 Å². The van der Waals surface area contributed by atoms with E-state index in [1.807, 2.05) is 0 Å². The fourth-order valence-corrected chi connectivity index (χ4v) is 1.85. The Balaban J connectivity index is 2.49. The van der Waals surface area contributed by atoms with Gasteiger partial charge < -0.3 is 10.4 Å². The quantitative estimate of drug-likeness (QED) is 0.864. The molecule has 2 aromatic rings. The van der Waals surface area contributed by atoms with Gasteiger partial charge in [-0.1, -0.05) is 0 Å². The molecule has 0 amide bonds. The molecule has 0 aliphatic rings. The zero-order valence-electron chi connectivity index (χ0n) is 8.18. The van der Waals surface area contributed by atoms with Crippen LogP contribution in [0, 0.1) is 0 Å². The summed E-state index contributed by atoms with van der Waals surface area (Å²) in [6.45, 7) is 0.486.